The van der Waals surface area contributed by atoms with Gasteiger partial charge in [0.05, 0.1) is 17.1 Å². The maximum atomic E-state index is 9.02. The van der Waals surface area contributed by atoms with Crippen LogP contribution >= 0.6 is 0 Å². The van der Waals surface area contributed by atoms with E-state index >= 15 is 0 Å². The molecule has 1 heterocycles. The molecular formula is C53H37N3. The second-order valence-corrected chi connectivity index (χ2v) is 13.8. The van der Waals surface area contributed by atoms with Crippen LogP contribution < -0.4 is 0 Å². The van der Waals surface area contributed by atoms with Crippen LogP contribution in [0.4, 0.5) is 0 Å². The van der Waals surface area contributed by atoms with E-state index in [2.05, 4.69) is 152 Å². The minimum absolute atomic E-state index is 0.471. The average molecular weight is 716 g/mol. The number of hydrogen-bond donors (Lipinski definition) is 1. The number of fused-ring (bicyclic) bond motifs is 1. The maximum Gasteiger partial charge on any atom is 0.160 e. The summed E-state index contributed by atoms with van der Waals surface area (Å²) in [6.45, 7) is 0. The van der Waals surface area contributed by atoms with Crippen LogP contribution in [0.1, 0.15) is 16.7 Å². The highest BCUT2D eigenvalue weighted by Gasteiger charge is 2.14. The van der Waals surface area contributed by atoms with Gasteiger partial charge in [0.2, 0.25) is 0 Å². The largest absolute Gasteiger partial charge is 0.300 e. The Morgan fingerprint density at radius 2 is 0.875 bits per heavy atom. The van der Waals surface area contributed by atoms with E-state index in [1.165, 1.54) is 5.56 Å². The third-order valence-electron chi connectivity index (χ3n) is 10.2. The highest BCUT2D eigenvalue weighted by Crippen LogP contribution is 2.35. The van der Waals surface area contributed by atoms with Crippen LogP contribution in [-0.2, 0) is 0 Å². The summed E-state index contributed by atoms with van der Waals surface area (Å²) in [7, 11) is 0. The number of hydrogen-bond acceptors (Lipinski definition) is 3. The second-order valence-electron chi connectivity index (χ2n) is 13.8. The second kappa shape index (κ2) is 15.5. The molecule has 0 bridgehead atoms. The normalized spacial score (nSPS) is 11.4. The lowest BCUT2D eigenvalue weighted by Crippen LogP contribution is -1.98. The predicted molar refractivity (Wildman–Crippen MR) is 234 cm³/mol. The molecule has 0 fully saturated rings. The number of aromatic nitrogens is 2. The molecule has 0 unspecified atom stereocenters. The van der Waals surface area contributed by atoms with E-state index in [0.717, 1.165) is 77.8 Å². The first-order chi connectivity index (χ1) is 27.7. The first-order valence-electron chi connectivity index (χ1n) is 18.8. The van der Waals surface area contributed by atoms with Gasteiger partial charge < -0.3 is 5.41 Å². The molecule has 9 aromatic rings. The number of nitrogens with one attached hydrogen (secondary N) is 1. The molecule has 0 atom stereocenters. The van der Waals surface area contributed by atoms with Crippen LogP contribution in [0, 0.1) is 5.41 Å². The van der Waals surface area contributed by atoms with E-state index in [-0.39, 0.29) is 0 Å². The van der Waals surface area contributed by atoms with Crippen molar-refractivity contribution < 1.29 is 0 Å². The van der Waals surface area contributed by atoms with E-state index in [1.807, 2.05) is 66.7 Å². The molecule has 1 N–H and O–H groups in total. The van der Waals surface area contributed by atoms with Gasteiger partial charge in [-0.2, -0.15) is 0 Å². The van der Waals surface area contributed by atoms with Crippen molar-refractivity contribution >= 4 is 22.1 Å². The van der Waals surface area contributed by atoms with Crippen molar-refractivity contribution in [3.05, 3.63) is 235 Å². The van der Waals surface area contributed by atoms with Crippen molar-refractivity contribution in [3.63, 3.8) is 0 Å². The van der Waals surface area contributed by atoms with Gasteiger partial charge in [-0.3, -0.25) is 0 Å². The van der Waals surface area contributed by atoms with Gasteiger partial charge in [-0.25, -0.2) is 9.97 Å². The molecule has 0 radical (unpaired) electrons. The fourth-order valence-electron chi connectivity index (χ4n) is 7.25. The monoisotopic (exact) mass is 715 g/mol. The van der Waals surface area contributed by atoms with Crippen molar-refractivity contribution in [1.82, 2.24) is 9.97 Å². The third kappa shape index (κ3) is 7.22. The molecule has 56 heavy (non-hydrogen) atoms. The Kier molecular flexibility index (Phi) is 9.47. The Labute approximate surface area is 327 Å². The summed E-state index contributed by atoms with van der Waals surface area (Å²) in [6, 6.07) is 73.3. The van der Waals surface area contributed by atoms with Gasteiger partial charge in [-0.05, 0) is 79.6 Å². The molecule has 0 saturated carbocycles. The molecule has 0 aliphatic rings. The number of benzene rings is 8. The highest BCUT2D eigenvalue weighted by atomic mass is 14.9. The summed E-state index contributed by atoms with van der Waals surface area (Å²) < 4.78 is 0. The molecule has 0 aliphatic carbocycles. The van der Waals surface area contributed by atoms with Crippen molar-refractivity contribution in [3.8, 4) is 56.2 Å². The summed E-state index contributed by atoms with van der Waals surface area (Å²) in [4.78, 5) is 10.2. The molecule has 3 nitrogen and oxygen atoms in total. The van der Waals surface area contributed by atoms with Gasteiger partial charge in [-0.1, -0.05) is 194 Å². The lowest BCUT2D eigenvalue weighted by molar-refractivity contribution is 1.18. The predicted octanol–water partition coefficient (Wildman–Crippen LogP) is 13.5. The molecule has 264 valence electrons. The highest BCUT2D eigenvalue weighted by molar-refractivity contribution is 6.13. The van der Waals surface area contributed by atoms with Crippen LogP contribution in [-0.4, -0.2) is 15.7 Å². The number of rotatable bonds is 9. The van der Waals surface area contributed by atoms with Crippen LogP contribution in [0.5, 0.6) is 0 Å². The molecular weight excluding hydrogens is 679 g/mol. The minimum atomic E-state index is 0.471. The summed E-state index contributed by atoms with van der Waals surface area (Å²) in [5, 5.41) is 11.3. The molecule has 0 saturated heterocycles. The van der Waals surface area contributed by atoms with Crippen LogP contribution in [0.15, 0.2) is 218 Å². The third-order valence-corrected chi connectivity index (χ3v) is 10.2. The van der Waals surface area contributed by atoms with Crippen LogP contribution in [0.25, 0.3) is 72.5 Å². The van der Waals surface area contributed by atoms with E-state index in [0.29, 0.717) is 11.5 Å². The van der Waals surface area contributed by atoms with Crippen LogP contribution in [0.3, 0.4) is 0 Å². The Morgan fingerprint density at radius 3 is 1.57 bits per heavy atom. The smallest absolute Gasteiger partial charge is 0.160 e. The first kappa shape index (κ1) is 34.3. The van der Waals surface area contributed by atoms with E-state index in [1.54, 1.807) is 0 Å². The van der Waals surface area contributed by atoms with Gasteiger partial charge in [-0.15, -0.1) is 0 Å². The van der Waals surface area contributed by atoms with Gasteiger partial charge in [0.25, 0.3) is 0 Å². The van der Waals surface area contributed by atoms with Crippen molar-refractivity contribution in [2.75, 3.05) is 0 Å². The van der Waals surface area contributed by atoms with Crippen LogP contribution in [0.2, 0.25) is 0 Å². The average Bonchev–Trinajstić information content (AvgIpc) is 3.29. The zero-order valence-corrected chi connectivity index (χ0v) is 30.7. The zero-order valence-electron chi connectivity index (χ0n) is 30.7. The van der Waals surface area contributed by atoms with Crippen molar-refractivity contribution in [2.24, 2.45) is 0 Å². The standard InChI is InChI=1S/C53H37N3/c54-50(41-19-9-3-10-20-41)35-49(39-17-7-2-8-18-39)47-26-14-23-40-29-32-45(34-48(40)47)38-27-30-43(31-28-38)53-55-51(42-21-11-4-12-22-42)36-52(56-53)46-25-13-24-44(33-46)37-15-5-1-6-16-37/h1-36,54H/b49-35-,54-50?. The van der Waals surface area contributed by atoms with E-state index < -0.39 is 0 Å². The maximum absolute atomic E-state index is 9.02. The van der Waals surface area contributed by atoms with E-state index in [4.69, 9.17) is 15.4 Å². The molecule has 0 spiro atoms. The number of allylic oxidation sites excluding steroid dienone is 1. The first-order valence-corrected chi connectivity index (χ1v) is 18.8. The van der Waals surface area contributed by atoms with Crippen molar-refractivity contribution in [1.29, 1.82) is 5.41 Å². The minimum Gasteiger partial charge on any atom is -0.300 e. The van der Waals surface area contributed by atoms with Gasteiger partial charge >= 0.3 is 0 Å². The molecule has 1 aromatic heterocycles. The lowest BCUT2D eigenvalue weighted by atomic mass is 9.90. The quantitative estimate of drug-likeness (QED) is 0.151. The van der Waals surface area contributed by atoms with Gasteiger partial charge in [0.1, 0.15) is 0 Å². The molecule has 3 heteroatoms. The molecule has 9 rings (SSSR count). The molecule has 0 aliphatic heterocycles. The summed E-state index contributed by atoms with van der Waals surface area (Å²) in [5.41, 5.74) is 13.8. The fourth-order valence-corrected chi connectivity index (χ4v) is 7.25. The Bertz CT molecular complexity index is 2830. The zero-order chi connectivity index (χ0) is 37.7. The van der Waals surface area contributed by atoms with Crippen molar-refractivity contribution in [2.45, 2.75) is 0 Å². The fraction of sp³-hybridized carbons (Fsp3) is 0. The topological polar surface area (TPSA) is 49.6 Å². The Balaban J connectivity index is 1.10. The molecule has 8 aromatic carbocycles. The number of nitrogens with zero attached hydrogens (tertiary/aromatic N) is 2. The summed E-state index contributed by atoms with van der Waals surface area (Å²) in [6.07, 6.45) is 2.00. The lowest BCUT2D eigenvalue weighted by Gasteiger charge is -2.14. The van der Waals surface area contributed by atoms with Gasteiger partial charge in [0.15, 0.2) is 5.82 Å². The van der Waals surface area contributed by atoms with E-state index in [9.17, 15) is 0 Å². The Morgan fingerprint density at radius 1 is 0.375 bits per heavy atom. The van der Waals surface area contributed by atoms with Gasteiger partial charge in [0, 0.05) is 16.7 Å². The summed E-state index contributed by atoms with van der Waals surface area (Å²) in [5.74, 6) is 0.678. The molecule has 0 amide bonds. The SMILES string of the molecule is N=C(/C=C(/c1ccccc1)c1cccc2ccc(-c3ccc(-c4nc(-c5ccccc5)cc(-c5cccc(-c6ccccc6)c5)n4)cc3)cc12)c1ccccc1. The Hall–Kier alpha value is -7.49. The summed E-state index contributed by atoms with van der Waals surface area (Å²) >= 11 is 0.